The molecule has 0 aromatic carbocycles. The van der Waals surface area contributed by atoms with Crippen LogP contribution in [0.4, 0.5) is 0 Å². The fourth-order valence-corrected chi connectivity index (χ4v) is 3.29. The molecule has 1 N–H and O–H groups in total. The van der Waals surface area contributed by atoms with Gasteiger partial charge in [-0.25, -0.2) is 0 Å². The highest BCUT2D eigenvalue weighted by molar-refractivity contribution is 6.76. The molecule has 0 aliphatic carbocycles. The first kappa shape index (κ1) is 12.6. The van der Waals surface area contributed by atoms with Crippen LogP contribution < -0.4 is 0 Å². The van der Waals surface area contributed by atoms with Crippen LogP contribution >= 0.6 is 0 Å². The lowest BCUT2D eigenvalue weighted by Crippen LogP contribution is -2.28. The molecule has 0 aromatic rings. The van der Waals surface area contributed by atoms with Gasteiger partial charge in [0.05, 0.1) is 12.5 Å². The molecular formula is C9H20O3Si. The van der Waals surface area contributed by atoms with E-state index in [-0.39, 0.29) is 25.1 Å². The van der Waals surface area contributed by atoms with Crippen LogP contribution in [0, 0.1) is 5.92 Å². The van der Waals surface area contributed by atoms with Crippen molar-refractivity contribution in [3.63, 3.8) is 0 Å². The first-order valence-corrected chi connectivity index (χ1v) is 8.35. The maximum Gasteiger partial charge on any atom is 0.308 e. The molecule has 0 rings (SSSR count). The van der Waals surface area contributed by atoms with Crippen LogP contribution in [-0.2, 0) is 9.53 Å². The van der Waals surface area contributed by atoms with Gasteiger partial charge in [0.2, 0.25) is 0 Å². The molecule has 1 unspecified atom stereocenters. The van der Waals surface area contributed by atoms with Crippen molar-refractivity contribution in [2.75, 3.05) is 13.2 Å². The molecule has 0 amide bonds. The summed E-state index contributed by atoms with van der Waals surface area (Å²) in [4.78, 5) is 11.3. The predicted molar refractivity (Wildman–Crippen MR) is 55.4 cm³/mol. The molecular weight excluding hydrogens is 184 g/mol. The van der Waals surface area contributed by atoms with Gasteiger partial charge in [0.15, 0.2) is 0 Å². The first-order valence-electron chi connectivity index (χ1n) is 4.64. The van der Waals surface area contributed by atoms with Gasteiger partial charge in [-0.2, -0.15) is 0 Å². The Hall–Kier alpha value is -0.353. The second-order valence-electron chi connectivity index (χ2n) is 4.56. The van der Waals surface area contributed by atoms with Gasteiger partial charge in [-0.15, -0.1) is 0 Å². The summed E-state index contributed by atoms with van der Waals surface area (Å²) in [7, 11) is -1.19. The normalized spacial score (nSPS) is 13.9. The summed E-state index contributed by atoms with van der Waals surface area (Å²) >= 11 is 0. The van der Waals surface area contributed by atoms with Crippen molar-refractivity contribution in [2.45, 2.75) is 32.6 Å². The maximum absolute atomic E-state index is 11.3. The Kier molecular flexibility index (Phi) is 5.25. The summed E-state index contributed by atoms with van der Waals surface area (Å²) in [5.41, 5.74) is 0. The monoisotopic (exact) mass is 204 g/mol. The Morgan fingerprint density at radius 2 is 2.00 bits per heavy atom. The zero-order valence-electron chi connectivity index (χ0n) is 8.96. The van der Waals surface area contributed by atoms with Gasteiger partial charge in [-0.1, -0.05) is 26.6 Å². The van der Waals surface area contributed by atoms with Crippen molar-refractivity contribution in [3.05, 3.63) is 0 Å². The number of aliphatic hydroxyl groups excluding tert-OH is 1. The van der Waals surface area contributed by atoms with E-state index in [0.29, 0.717) is 0 Å². The van der Waals surface area contributed by atoms with Gasteiger partial charge in [-0.3, -0.25) is 4.79 Å². The highest BCUT2D eigenvalue weighted by Crippen LogP contribution is 2.17. The summed E-state index contributed by atoms with van der Waals surface area (Å²) < 4.78 is 4.83. The Morgan fingerprint density at radius 1 is 1.46 bits per heavy atom. The minimum atomic E-state index is -1.19. The van der Waals surface area contributed by atoms with Crippen LogP contribution in [0.15, 0.2) is 0 Å². The lowest BCUT2D eigenvalue weighted by atomic mass is 10.2. The summed E-state index contributed by atoms with van der Waals surface area (Å²) in [5, 5.41) is 8.46. The van der Waals surface area contributed by atoms with Gasteiger partial charge < -0.3 is 9.84 Å². The Balaban J connectivity index is 3.83. The lowest BCUT2D eigenvalue weighted by molar-refractivity contribution is -0.148. The number of rotatable bonds is 5. The van der Waals surface area contributed by atoms with Gasteiger partial charge in [0.1, 0.15) is 6.61 Å². The van der Waals surface area contributed by atoms with Crippen molar-refractivity contribution in [1.29, 1.82) is 0 Å². The smallest absolute Gasteiger partial charge is 0.308 e. The van der Waals surface area contributed by atoms with Crippen LogP contribution in [0.1, 0.15) is 6.92 Å². The van der Waals surface area contributed by atoms with Gasteiger partial charge in [-0.05, 0) is 6.04 Å². The largest absolute Gasteiger partial charge is 0.463 e. The molecule has 13 heavy (non-hydrogen) atoms. The number of esters is 1. The standard InChI is InChI=1S/C9H20O3Si/c1-8(7-13(2,3)4)9(11)12-6-5-10/h8,10H,5-7H2,1-4H3. The van der Waals surface area contributed by atoms with Crippen LogP contribution in [0.3, 0.4) is 0 Å². The molecule has 78 valence electrons. The van der Waals surface area contributed by atoms with E-state index in [1.165, 1.54) is 0 Å². The van der Waals surface area contributed by atoms with Gasteiger partial charge >= 0.3 is 5.97 Å². The minimum Gasteiger partial charge on any atom is -0.463 e. The van der Waals surface area contributed by atoms with Gasteiger partial charge in [0.25, 0.3) is 0 Å². The molecule has 0 aliphatic heterocycles. The molecule has 0 aliphatic rings. The van der Waals surface area contributed by atoms with Gasteiger partial charge in [0, 0.05) is 8.07 Å². The van der Waals surface area contributed by atoms with E-state index in [2.05, 4.69) is 19.6 Å². The van der Waals surface area contributed by atoms with Crippen LogP contribution in [0.25, 0.3) is 0 Å². The van der Waals surface area contributed by atoms with Crippen molar-refractivity contribution >= 4 is 14.0 Å². The average Bonchev–Trinajstić information content (AvgIpc) is 1.96. The predicted octanol–water partition coefficient (Wildman–Crippen LogP) is 1.50. The highest BCUT2D eigenvalue weighted by Gasteiger charge is 2.23. The molecule has 0 radical (unpaired) electrons. The molecule has 0 saturated carbocycles. The molecule has 4 heteroatoms. The molecule has 0 spiro atoms. The number of hydrogen-bond donors (Lipinski definition) is 1. The van der Waals surface area contributed by atoms with E-state index in [9.17, 15) is 4.79 Å². The molecule has 0 fully saturated rings. The zero-order chi connectivity index (χ0) is 10.5. The Bertz CT molecular complexity index is 163. The number of hydrogen-bond acceptors (Lipinski definition) is 3. The second-order valence-corrected chi connectivity index (χ2v) is 10.1. The molecule has 1 atom stereocenters. The first-order chi connectivity index (χ1) is 5.87. The molecule has 0 aromatic heterocycles. The lowest BCUT2D eigenvalue weighted by Gasteiger charge is -2.19. The van der Waals surface area contributed by atoms with E-state index in [1.807, 2.05) is 6.92 Å². The van der Waals surface area contributed by atoms with Crippen LogP contribution in [-0.4, -0.2) is 32.4 Å². The third-order valence-corrected chi connectivity index (χ3v) is 3.49. The summed E-state index contributed by atoms with van der Waals surface area (Å²) in [6.45, 7) is 8.59. The number of ether oxygens (including phenoxy) is 1. The third-order valence-electron chi connectivity index (χ3n) is 1.66. The highest BCUT2D eigenvalue weighted by atomic mass is 28.3. The number of aliphatic hydroxyl groups is 1. The fourth-order valence-electron chi connectivity index (χ4n) is 1.29. The van der Waals surface area contributed by atoms with E-state index in [4.69, 9.17) is 9.84 Å². The summed E-state index contributed by atoms with van der Waals surface area (Å²) in [5.74, 6) is -0.213. The van der Waals surface area contributed by atoms with Crippen molar-refractivity contribution in [3.8, 4) is 0 Å². The SMILES string of the molecule is CC(C[Si](C)(C)C)C(=O)OCCO. The molecule has 0 bridgehead atoms. The number of carbonyl (C=O) groups excluding carboxylic acids is 1. The average molecular weight is 204 g/mol. The van der Waals surface area contributed by atoms with E-state index in [1.54, 1.807) is 0 Å². The van der Waals surface area contributed by atoms with E-state index >= 15 is 0 Å². The van der Waals surface area contributed by atoms with Crippen LogP contribution in [0.5, 0.6) is 0 Å². The van der Waals surface area contributed by atoms with Crippen molar-refractivity contribution < 1.29 is 14.6 Å². The van der Waals surface area contributed by atoms with E-state index in [0.717, 1.165) is 6.04 Å². The van der Waals surface area contributed by atoms with Crippen molar-refractivity contribution in [2.24, 2.45) is 5.92 Å². The maximum atomic E-state index is 11.3. The minimum absolute atomic E-state index is 0.0294. The summed E-state index contributed by atoms with van der Waals surface area (Å²) in [6, 6.07) is 0.942. The van der Waals surface area contributed by atoms with Crippen LogP contribution in [0.2, 0.25) is 25.7 Å². The molecule has 3 nitrogen and oxygen atoms in total. The summed E-state index contributed by atoms with van der Waals surface area (Å²) in [6.07, 6.45) is 0. The Labute approximate surface area is 81.1 Å². The molecule has 0 heterocycles. The topological polar surface area (TPSA) is 46.5 Å². The third kappa shape index (κ3) is 6.78. The Morgan fingerprint density at radius 3 is 2.38 bits per heavy atom. The van der Waals surface area contributed by atoms with Crippen molar-refractivity contribution in [1.82, 2.24) is 0 Å². The zero-order valence-corrected chi connectivity index (χ0v) is 9.96. The quantitative estimate of drug-likeness (QED) is 0.545. The molecule has 0 saturated heterocycles. The number of carbonyl (C=O) groups is 1. The fraction of sp³-hybridized carbons (Fsp3) is 0.889. The van der Waals surface area contributed by atoms with E-state index < -0.39 is 8.07 Å². The second kappa shape index (κ2) is 5.39.